The Morgan fingerprint density at radius 3 is 2.19 bits per heavy atom. The fraction of sp³-hybridized carbons (Fsp3) is 0.286. The zero-order chi connectivity index (χ0) is 16.6. The highest BCUT2D eigenvalue weighted by atomic mass is 19.4. The number of ether oxygens (including phenoxy) is 1. The third-order valence-corrected chi connectivity index (χ3v) is 2.23. The molecule has 0 saturated carbocycles. The lowest BCUT2D eigenvalue weighted by Crippen LogP contribution is -2.16. The van der Waals surface area contributed by atoms with Crippen molar-refractivity contribution in [2.75, 3.05) is 7.11 Å². The Bertz CT molecular complexity index is 526. The maximum atomic E-state index is 13.1. The van der Waals surface area contributed by atoms with Gasteiger partial charge in [-0.3, -0.25) is 4.99 Å². The fourth-order valence-electron chi connectivity index (χ4n) is 1.26. The van der Waals surface area contributed by atoms with E-state index >= 15 is 0 Å². The molecule has 0 aliphatic carbocycles. The normalized spacial score (nSPS) is 15.0. The SMILES string of the molecule is C=CC(=C\N=C/C)/C(C)=N/C(OC)=C(\C(=C)F)C(F)(F)F. The summed E-state index contributed by atoms with van der Waals surface area (Å²) in [5, 5.41) is 0. The summed E-state index contributed by atoms with van der Waals surface area (Å²) in [7, 11) is 0.961. The average Bonchev–Trinajstić information content (AvgIpc) is 2.36. The van der Waals surface area contributed by atoms with Gasteiger partial charge in [0.15, 0.2) is 5.57 Å². The Morgan fingerprint density at radius 2 is 1.86 bits per heavy atom. The molecule has 0 unspecified atom stereocenters. The Kier molecular flexibility index (Phi) is 7.33. The largest absolute Gasteiger partial charge is 0.480 e. The zero-order valence-electron chi connectivity index (χ0n) is 12.0. The van der Waals surface area contributed by atoms with Crippen LogP contribution in [0.4, 0.5) is 17.6 Å². The summed E-state index contributed by atoms with van der Waals surface area (Å²) in [6.45, 7) is 9.25. The van der Waals surface area contributed by atoms with Gasteiger partial charge in [-0.2, -0.15) is 13.2 Å². The molecule has 0 bridgehead atoms. The molecule has 0 atom stereocenters. The van der Waals surface area contributed by atoms with Gasteiger partial charge < -0.3 is 4.74 Å². The molecule has 0 aromatic heterocycles. The first-order valence-electron chi connectivity index (χ1n) is 5.75. The molecule has 116 valence electrons. The van der Waals surface area contributed by atoms with Crippen molar-refractivity contribution in [1.29, 1.82) is 0 Å². The van der Waals surface area contributed by atoms with Crippen molar-refractivity contribution >= 4 is 11.9 Å². The van der Waals surface area contributed by atoms with Crippen LogP contribution in [0.3, 0.4) is 0 Å². The summed E-state index contributed by atoms with van der Waals surface area (Å²) in [5.41, 5.74) is -1.16. The van der Waals surface area contributed by atoms with E-state index in [1.165, 1.54) is 25.4 Å². The lowest BCUT2D eigenvalue weighted by atomic mass is 10.2. The van der Waals surface area contributed by atoms with Crippen LogP contribution in [0.15, 0.2) is 58.3 Å². The second-order valence-electron chi connectivity index (χ2n) is 3.68. The van der Waals surface area contributed by atoms with Crippen LogP contribution in [0, 0.1) is 0 Å². The maximum Gasteiger partial charge on any atom is 0.424 e. The van der Waals surface area contributed by atoms with Crippen molar-refractivity contribution in [3.05, 3.63) is 48.3 Å². The first-order valence-corrected chi connectivity index (χ1v) is 5.75. The fourth-order valence-corrected chi connectivity index (χ4v) is 1.26. The molecule has 0 aliphatic heterocycles. The van der Waals surface area contributed by atoms with Crippen molar-refractivity contribution < 1.29 is 22.3 Å². The van der Waals surface area contributed by atoms with E-state index in [0.717, 1.165) is 7.11 Å². The molecule has 0 saturated heterocycles. The van der Waals surface area contributed by atoms with E-state index in [0.29, 0.717) is 5.57 Å². The van der Waals surface area contributed by atoms with Gasteiger partial charge in [0, 0.05) is 18.0 Å². The molecule has 0 aromatic carbocycles. The van der Waals surface area contributed by atoms with Gasteiger partial charge in [0.1, 0.15) is 5.83 Å². The molecule has 0 fully saturated rings. The lowest BCUT2D eigenvalue weighted by Gasteiger charge is -2.13. The molecular formula is C14H16F4N2O. The van der Waals surface area contributed by atoms with Crippen LogP contribution in [0.25, 0.3) is 0 Å². The van der Waals surface area contributed by atoms with Crippen LogP contribution < -0.4 is 0 Å². The van der Waals surface area contributed by atoms with Crippen molar-refractivity contribution in [3.8, 4) is 0 Å². The van der Waals surface area contributed by atoms with E-state index in [2.05, 4.69) is 27.9 Å². The summed E-state index contributed by atoms with van der Waals surface area (Å²) in [6, 6.07) is 0. The quantitative estimate of drug-likeness (QED) is 0.307. The number of allylic oxidation sites excluding steroid dienone is 4. The van der Waals surface area contributed by atoms with Gasteiger partial charge in [0.25, 0.3) is 0 Å². The first kappa shape index (κ1) is 18.8. The Balaban J connectivity index is 6.02. The summed E-state index contributed by atoms with van der Waals surface area (Å²) in [4.78, 5) is 7.46. The number of methoxy groups -OCH3 is 1. The van der Waals surface area contributed by atoms with Crippen LogP contribution in [0.2, 0.25) is 0 Å². The molecule has 7 heteroatoms. The molecule has 0 spiro atoms. The highest BCUT2D eigenvalue weighted by molar-refractivity contribution is 6.01. The monoisotopic (exact) mass is 304 g/mol. The summed E-state index contributed by atoms with van der Waals surface area (Å²) in [5.74, 6) is -2.59. The number of hydrogen-bond donors (Lipinski definition) is 0. The second-order valence-corrected chi connectivity index (χ2v) is 3.68. The standard InChI is InChI=1S/C14H16F4N2O/c1-6-11(8-19-7-2)10(4)20-13(21-5)12(9(3)15)14(16,17)18/h6-8H,1,3H2,2,4-5H3/b11-8+,13-12-,19-7-,20-10+. The van der Waals surface area contributed by atoms with Gasteiger partial charge in [-0.15, -0.1) is 0 Å². The molecule has 0 amide bonds. The van der Waals surface area contributed by atoms with Crippen LogP contribution in [-0.2, 0) is 4.74 Å². The first-order chi connectivity index (χ1) is 9.68. The van der Waals surface area contributed by atoms with E-state index in [1.54, 1.807) is 6.92 Å². The minimum absolute atomic E-state index is 0.135. The van der Waals surface area contributed by atoms with Gasteiger partial charge >= 0.3 is 6.18 Å². The number of rotatable bonds is 6. The van der Waals surface area contributed by atoms with Crippen molar-refractivity contribution in [1.82, 2.24) is 0 Å². The molecule has 3 nitrogen and oxygen atoms in total. The highest BCUT2D eigenvalue weighted by Crippen LogP contribution is 2.34. The Morgan fingerprint density at radius 1 is 1.29 bits per heavy atom. The highest BCUT2D eigenvalue weighted by Gasteiger charge is 2.40. The van der Waals surface area contributed by atoms with Crippen molar-refractivity contribution in [2.24, 2.45) is 9.98 Å². The molecule has 0 N–H and O–H groups in total. The van der Waals surface area contributed by atoms with E-state index in [4.69, 9.17) is 0 Å². The third kappa shape index (κ3) is 5.76. The minimum Gasteiger partial charge on any atom is -0.480 e. The van der Waals surface area contributed by atoms with E-state index < -0.39 is 23.5 Å². The number of halogens is 4. The van der Waals surface area contributed by atoms with Crippen LogP contribution in [0.1, 0.15) is 13.8 Å². The topological polar surface area (TPSA) is 34.0 Å². The smallest absolute Gasteiger partial charge is 0.424 e. The predicted octanol–water partition coefficient (Wildman–Crippen LogP) is 4.51. The lowest BCUT2D eigenvalue weighted by molar-refractivity contribution is -0.0943. The Hall–Kier alpha value is -2.18. The van der Waals surface area contributed by atoms with E-state index in [-0.39, 0.29) is 5.71 Å². The maximum absolute atomic E-state index is 13.1. The number of alkyl halides is 3. The molecule has 21 heavy (non-hydrogen) atoms. The van der Waals surface area contributed by atoms with Gasteiger partial charge in [-0.05, 0) is 13.8 Å². The summed E-state index contributed by atoms with van der Waals surface area (Å²) < 4.78 is 55.9. The van der Waals surface area contributed by atoms with Gasteiger partial charge in [0.2, 0.25) is 5.88 Å². The minimum atomic E-state index is -4.97. The zero-order valence-corrected chi connectivity index (χ0v) is 12.0. The van der Waals surface area contributed by atoms with E-state index in [1.807, 2.05) is 0 Å². The predicted molar refractivity (Wildman–Crippen MR) is 75.9 cm³/mol. The van der Waals surface area contributed by atoms with Crippen LogP contribution in [-0.4, -0.2) is 25.2 Å². The van der Waals surface area contributed by atoms with Gasteiger partial charge in [0.05, 0.1) is 12.8 Å². The Labute approximate surface area is 120 Å². The van der Waals surface area contributed by atoms with Gasteiger partial charge in [-0.25, -0.2) is 9.38 Å². The third-order valence-electron chi connectivity index (χ3n) is 2.23. The van der Waals surface area contributed by atoms with Crippen molar-refractivity contribution in [2.45, 2.75) is 20.0 Å². The molecule has 0 heterocycles. The molecule has 0 aromatic rings. The summed E-state index contributed by atoms with van der Waals surface area (Å²) in [6.07, 6.45) is -0.776. The average molecular weight is 304 g/mol. The van der Waals surface area contributed by atoms with Crippen LogP contribution in [0.5, 0.6) is 0 Å². The summed E-state index contributed by atoms with van der Waals surface area (Å²) >= 11 is 0. The van der Waals surface area contributed by atoms with E-state index in [9.17, 15) is 17.6 Å². The number of hydrogen-bond acceptors (Lipinski definition) is 3. The second kappa shape index (κ2) is 8.18. The van der Waals surface area contributed by atoms with Gasteiger partial charge in [-0.1, -0.05) is 19.2 Å². The molecule has 0 radical (unpaired) electrons. The number of nitrogens with zero attached hydrogens (tertiary/aromatic N) is 2. The van der Waals surface area contributed by atoms with Crippen molar-refractivity contribution in [3.63, 3.8) is 0 Å². The van der Waals surface area contributed by atoms with Crippen LogP contribution >= 0.6 is 0 Å². The number of aliphatic imine (C=N–C) groups is 2. The molecule has 0 aliphatic rings. The molecule has 0 rings (SSSR count). The molecular weight excluding hydrogens is 288 g/mol.